The van der Waals surface area contributed by atoms with Crippen molar-refractivity contribution in [3.8, 4) is 0 Å². The molecule has 1 aliphatic rings. The smallest absolute Gasteiger partial charge is 0.244 e. The van der Waals surface area contributed by atoms with Gasteiger partial charge < -0.3 is 4.90 Å². The average molecular weight is 303 g/mol. The zero-order valence-corrected chi connectivity index (χ0v) is 13.0. The topological polar surface area (TPSA) is 82.9 Å². The molecule has 0 aromatic carbocycles. The van der Waals surface area contributed by atoms with Crippen LogP contribution in [0.4, 0.5) is 0 Å². The van der Waals surface area contributed by atoms with Crippen molar-refractivity contribution in [2.24, 2.45) is 0 Å². The molecule has 0 saturated carbocycles. The SMILES string of the molecule is Cc1cc(C)n(CC(=O)N2CCN(Cc3ncn[nH]3)CC2)n1. The van der Waals surface area contributed by atoms with Gasteiger partial charge in [0.25, 0.3) is 0 Å². The summed E-state index contributed by atoms with van der Waals surface area (Å²) in [5.41, 5.74) is 1.97. The van der Waals surface area contributed by atoms with Gasteiger partial charge in [-0.15, -0.1) is 0 Å². The van der Waals surface area contributed by atoms with Crippen LogP contribution in [0.1, 0.15) is 17.2 Å². The van der Waals surface area contributed by atoms with E-state index < -0.39 is 0 Å². The summed E-state index contributed by atoms with van der Waals surface area (Å²) in [7, 11) is 0. The first-order chi connectivity index (χ1) is 10.6. The maximum Gasteiger partial charge on any atom is 0.244 e. The van der Waals surface area contributed by atoms with Crippen LogP contribution in [0.2, 0.25) is 0 Å². The molecule has 1 saturated heterocycles. The number of nitrogens with one attached hydrogen (secondary N) is 1. The first-order valence-corrected chi connectivity index (χ1v) is 7.47. The van der Waals surface area contributed by atoms with E-state index in [0.717, 1.165) is 49.9 Å². The molecule has 1 amide bonds. The predicted molar refractivity (Wildman–Crippen MR) is 79.9 cm³/mol. The Morgan fingerprint density at radius 2 is 2.05 bits per heavy atom. The van der Waals surface area contributed by atoms with Gasteiger partial charge in [0.1, 0.15) is 18.7 Å². The van der Waals surface area contributed by atoms with Crippen molar-refractivity contribution in [1.29, 1.82) is 0 Å². The number of nitrogens with zero attached hydrogens (tertiary/aromatic N) is 6. The zero-order valence-electron chi connectivity index (χ0n) is 13.0. The monoisotopic (exact) mass is 303 g/mol. The molecule has 1 fully saturated rings. The maximum atomic E-state index is 12.4. The molecule has 22 heavy (non-hydrogen) atoms. The molecule has 0 radical (unpaired) electrons. The Kier molecular flexibility index (Phi) is 4.19. The van der Waals surface area contributed by atoms with Crippen LogP contribution < -0.4 is 0 Å². The van der Waals surface area contributed by atoms with Crippen LogP contribution in [-0.4, -0.2) is 66.8 Å². The normalized spacial score (nSPS) is 16.2. The number of carbonyl (C=O) groups excluding carboxylic acids is 1. The molecule has 0 spiro atoms. The molecular formula is C14H21N7O. The fourth-order valence-electron chi connectivity index (χ4n) is 2.74. The summed E-state index contributed by atoms with van der Waals surface area (Å²) in [5.74, 6) is 0.993. The molecule has 3 rings (SSSR count). The van der Waals surface area contributed by atoms with Crippen LogP contribution in [0.5, 0.6) is 0 Å². The first-order valence-electron chi connectivity index (χ1n) is 7.47. The van der Waals surface area contributed by atoms with E-state index in [1.807, 2.05) is 24.8 Å². The summed E-state index contributed by atoms with van der Waals surface area (Å²) in [6, 6.07) is 1.99. The fraction of sp³-hybridized carbons (Fsp3) is 0.571. The quantitative estimate of drug-likeness (QED) is 0.857. The van der Waals surface area contributed by atoms with Gasteiger partial charge in [0.15, 0.2) is 0 Å². The number of carbonyl (C=O) groups is 1. The van der Waals surface area contributed by atoms with Crippen LogP contribution in [0.15, 0.2) is 12.4 Å². The van der Waals surface area contributed by atoms with Gasteiger partial charge in [-0.05, 0) is 19.9 Å². The molecule has 118 valence electrons. The van der Waals surface area contributed by atoms with E-state index in [1.54, 1.807) is 4.68 Å². The van der Waals surface area contributed by atoms with E-state index in [1.165, 1.54) is 6.33 Å². The van der Waals surface area contributed by atoms with Crippen LogP contribution in [0, 0.1) is 13.8 Å². The van der Waals surface area contributed by atoms with Crippen LogP contribution in [0.3, 0.4) is 0 Å². The molecule has 3 heterocycles. The Morgan fingerprint density at radius 1 is 1.27 bits per heavy atom. The van der Waals surface area contributed by atoms with Crippen LogP contribution in [-0.2, 0) is 17.9 Å². The molecule has 1 N–H and O–H groups in total. The Morgan fingerprint density at radius 3 is 2.64 bits per heavy atom. The summed E-state index contributed by atoms with van der Waals surface area (Å²) in [5, 5.41) is 11.1. The third-order valence-corrected chi connectivity index (χ3v) is 3.95. The number of hydrogen-bond donors (Lipinski definition) is 1. The molecule has 8 heteroatoms. The minimum Gasteiger partial charge on any atom is -0.339 e. The number of aromatic amines is 1. The third-order valence-electron chi connectivity index (χ3n) is 3.95. The lowest BCUT2D eigenvalue weighted by Gasteiger charge is -2.34. The van der Waals surface area contributed by atoms with E-state index in [4.69, 9.17) is 0 Å². The van der Waals surface area contributed by atoms with E-state index in [2.05, 4.69) is 25.2 Å². The second kappa shape index (κ2) is 6.27. The van der Waals surface area contributed by atoms with Gasteiger partial charge in [-0.25, -0.2) is 4.98 Å². The lowest BCUT2D eigenvalue weighted by molar-refractivity contribution is -0.133. The number of piperazine rings is 1. The Hall–Kier alpha value is -2.22. The molecule has 8 nitrogen and oxygen atoms in total. The number of aromatic nitrogens is 5. The van der Waals surface area contributed by atoms with Crippen molar-refractivity contribution >= 4 is 5.91 Å². The minimum absolute atomic E-state index is 0.130. The minimum atomic E-state index is 0.130. The highest BCUT2D eigenvalue weighted by atomic mass is 16.2. The summed E-state index contributed by atoms with van der Waals surface area (Å²) in [4.78, 5) is 20.7. The van der Waals surface area contributed by atoms with E-state index in [0.29, 0.717) is 6.54 Å². The fourth-order valence-corrected chi connectivity index (χ4v) is 2.74. The number of aryl methyl sites for hydroxylation is 2. The number of rotatable bonds is 4. The molecular weight excluding hydrogens is 282 g/mol. The van der Waals surface area contributed by atoms with E-state index in [-0.39, 0.29) is 5.91 Å². The van der Waals surface area contributed by atoms with Gasteiger partial charge >= 0.3 is 0 Å². The predicted octanol–water partition coefficient (Wildman–Crippen LogP) is -0.0376. The van der Waals surface area contributed by atoms with Crippen molar-refractivity contribution < 1.29 is 4.79 Å². The van der Waals surface area contributed by atoms with E-state index >= 15 is 0 Å². The number of amides is 1. The van der Waals surface area contributed by atoms with Gasteiger partial charge in [0, 0.05) is 31.9 Å². The Balaban J connectivity index is 1.50. The highest BCUT2D eigenvalue weighted by Gasteiger charge is 2.22. The lowest BCUT2D eigenvalue weighted by atomic mass is 10.3. The van der Waals surface area contributed by atoms with Gasteiger partial charge in [-0.3, -0.25) is 19.5 Å². The van der Waals surface area contributed by atoms with Gasteiger partial charge in [-0.1, -0.05) is 0 Å². The maximum absolute atomic E-state index is 12.4. The van der Waals surface area contributed by atoms with Crippen molar-refractivity contribution in [3.05, 3.63) is 29.6 Å². The molecule has 2 aromatic rings. The second-order valence-electron chi connectivity index (χ2n) is 5.67. The molecule has 0 unspecified atom stereocenters. The highest BCUT2D eigenvalue weighted by Crippen LogP contribution is 2.07. The number of hydrogen-bond acceptors (Lipinski definition) is 5. The van der Waals surface area contributed by atoms with Crippen molar-refractivity contribution in [2.75, 3.05) is 26.2 Å². The average Bonchev–Trinajstić information content (AvgIpc) is 3.10. The molecule has 0 bridgehead atoms. The standard InChI is InChI=1S/C14H21N7O/c1-11-7-12(2)21(18-11)9-14(22)20-5-3-19(4-6-20)8-13-15-10-16-17-13/h7,10H,3-6,8-9H2,1-2H3,(H,15,16,17). The van der Waals surface area contributed by atoms with Gasteiger partial charge in [0.2, 0.25) is 5.91 Å². The van der Waals surface area contributed by atoms with Crippen molar-refractivity contribution in [3.63, 3.8) is 0 Å². The largest absolute Gasteiger partial charge is 0.339 e. The molecule has 1 aliphatic heterocycles. The first kappa shape index (κ1) is 14.7. The van der Waals surface area contributed by atoms with Crippen molar-refractivity contribution in [2.45, 2.75) is 26.9 Å². The van der Waals surface area contributed by atoms with Gasteiger partial charge in [-0.2, -0.15) is 10.2 Å². The van der Waals surface area contributed by atoms with E-state index in [9.17, 15) is 4.79 Å². The summed E-state index contributed by atoms with van der Waals surface area (Å²) < 4.78 is 1.78. The second-order valence-corrected chi connectivity index (χ2v) is 5.67. The molecule has 0 atom stereocenters. The summed E-state index contributed by atoms with van der Waals surface area (Å²) in [6.45, 7) is 8.17. The Labute approximate surface area is 129 Å². The zero-order chi connectivity index (χ0) is 15.5. The number of H-pyrrole nitrogens is 1. The van der Waals surface area contributed by atoms with Crippen LogP contribution in [0.25, 0.3) is 0 Å². The Bertz CT molecular complexity index is 626. The van der Waals surface area contributed by atoms with Crippen molar-refractivity contribution in [1.82, 2.24) is 34.8 Å². The summed E-state index contributed by atoms with van der Waals surface area (Å²) >= 11 is 0. The summed E-state index contributed by atoms with van der Waals surface area (Å²) in [6.07, 6.45) is 1.52. The highest BCUT2D eigenvalue weighted by molar-refractivity contribution is 5.76. The molecule has 2 aromatic heterocycles. The third kappa shape index (κ3) is 3.33. The van der Waals surface area contributed by atoms with Gasteiger partial charge in [0.05, 0.1) is 12.2 Å². The molecule has 0 aliphatic carbocycles. The lowest BCUT2D eigenvalue weighted by Crippen LogP contribution is -2.49. The van der Waals surface area contributed by atoms with Crippen LogP contribution >= 0.6 is 0 Å².